The molecule has 51 heavy (non-hydrogen) atoms. The first kappa shape index (κ1) is 38.1. The average molecular weight is 709 g/mol. The molecule has 1 fully saturated rings. The third kappa shape index (κ3) is 8.18. The van der Waals surface area contributed by atoms with Gasteiger partial charge in [0, 0.05) is 29.8 Å². The van der Waals surface area contributed by atoms with E-state index in [0.717, 1.165) is 24.8 Å². The van der Waals surface area contributed by atoms with Crippen LogP contribution in [0.4, 0.5) is 0 Å². The van der Waals surface area contributed by atoms with E-state index in [4.69, 9.17) is 23.7 Å². The van der Waals surface area contributed by atoms with Crippen LogP contribution < -0.4 is 24.3 Å². The zero-order chi connectivity index (χ0) is 36.8. The van der Waals surface area contributed by atoms with Gasteiger partial charge in [-0.2, -0.15) is 0 Å². The van der Waals surface area contributed by atoms with Crippen LogP contribution in [0.3, 0.4) is 0 Å². The van der Waals surface area contributed by atoms with E-state index in [1.165, 1.54) is 13.2 Å². The summed E-state index contributed by atoms with van der Waals surface area (Å²) in [4.78, 5) is 41.6. The second-order valence-corrected chi connectivity index (χ2v) is 14.1. The van der Waals surface area contributed by atoms with Crippen LogP contribution in [-0.4, -0.2) is 105 Å². The van der Waals surface area contributed by atoms with Crippen molar-refractivity contribution in [3.8, 4) is 23.0 Å². The van der Waals surface area contributed by atoms with Gasteiger partial charge in [0.25, 0.3) is 0 Å². The highest BCUT2D eigenvalue weighted by atomic mass is 16.5. The fourth-order valence-electron chi connectivity index (χ4n) is 7.88. The summed E-state index contributed by atoms with van der Waals surface area (Å²) in [6.45, 7) is 6.23. The Kier molecular flexibility index (Phi) is 12.6. The molecule has 3 aliphatic rings. The van der Waals surface area contributed by atoms with E-state index in [1.54, 1.807) is 43.4 Å². The number of nitrogens with one attached hydrogen (secondary N) is 1. The van der Waals surface area contributed by atoms with Crippen LogP contribution in [0.5, 0.6) is 23.0 Å². The minimum absolute atomic E-state index is 0.00482. The normalized spacial score (nSPS) is 25.2. The standard InChI is InChI=1S/C39H52N2O10/c1-22(2)27-9-7-23(3)15-32(27)50-21-34(44)41(13-11-25-18-26(47-4)8-10-31(25)48-5)30-19-29(39(46)40-12-14-42)35-28-16-24(20-43)17-33(49-6)37(28)51-38(35)36(30)45/h8,10,16-20,22-23,27,30,32,35-36,38,42,45H,7,9,11-15,21H2,1-6H3,(H,40,46)/t23-,27+,30+,32-,35-,36-,38-/m0/s1. The number of ether oxygens (including phenoxy) is 5. The first-order chi connectivity index (χ1) is 24.5. The van der Waals surface area contributed by atoms with Crippen molar-refractivity contribution in [3.05, 3.63) is 58.7 Å². The highest BCUT2D eigenvalue weighted by molar-refractivity contribution is 5.96. The van der Waals surface area contributed by atoms with Crippen LogP contribution in [0.2, 0.25) is 0 Å². The number of hydrogen-bond acceptors (Lipinski definition) is 10. The first-order valence-electron chi connectivity index (χ1n) is 17.8. The van der Waals surface area contributed by atoms with Gasteiger partial charge in [0.15, 0.2) is 11.5 Å². The van der Waals surface area contributed by atoms with Crippen LogP contribution in [-0.2, 0) is 20.7 Å². The van der Waals surface area contributed by atoms with Crippen molar-refractivity contribution in [2.24, 2.45) is 17.8 Å². The number of aliphatic hydroxyl groups is 2. The third-order valence-electron chi connectivity index (χ3n) is 10.6. The van der Waals surface area contributed by atoms with Crippen LogP contribution >= 0.6 is 0 Å². The summed E-state index contributed by atoms with van der Waals surface area (Å²) in [5.74, 6) is 1.43. The van der Waals surface area contributed by atoms with Crippen LogP contribution in [0.1, 0.15) is 67.4 Å². The molecule has 0 spiro atoms. The number of benzene rings is 2. The van der Waals surface area contributed by atoms with Crippen LogP contribution in [0.15, 0.2) is 42.0 Å². The highest BCUT2D eigenvalue weighted by Crippen LogP contribution is 2.51. The Labute approximate surface area is 300 Å². The van der Waals surface area contributed by atoms with E-state index in [-0.39, 0.29) is 49.6 Å². The Morgan fingerprint density at radius 3 is 2.51 bits per heavy atom. The lowest BCUT2D eigenvalue weighted by Gasteiger charge is -2.41. The second kappa shape index (κ2) is 16.9. The van der Waals surface area contributed by atoms with Crippen LogP contribution in [0.25, 0.3) is 0 Å². The Bertz CT molecular complexity index is 1590. The maximum atomic E-state index is 14.4. The molecule has 12 nitrogen and oxygen atoms in total. The number of carbonyl (C=O) groups excluding carboxylic acids is 3. The maximum absolute atomic E-state index is 14.4. The molecular weight excluding hydrogens is 656 g/mol. The molecular formula is C39H52N2O10. The highest BCUT2D eigenvalue weighted by Gasteiger charge is 2.51. The number of hydrogen-bond donors (Lipinski definition) is 3. The SMILES string of the molecule is COc1ccc(OC)c(CCN(C(=O)CO[C@H]2C[C@@H](C)CC[C@@H]2C(C)C)[C@@H]2C=C(C(=O)NCCO)[C@@H]3c4cc(C=O)cc(OC)c4O[C@@H]3[C@H]2O)c1. The van der Waals surface area contributed by atoms with Crippen molar-refractivity contribution in [2.75, 3.05) is 47.6 Å². The van der Waals surface area contributed by atoms with Gasteiger partial charge in [0.1, 0.15) is 36.6 Å². The zero-order valence-corrected chi connectivity index (χ0v) is 30.4. The number of aldehydes is 1. The fraction of sp³-hybridized carbons (Fsp3) is 0.564. The lowest BCUT2D eigenvalue weighted by Crippen LogP contribution is -2.57. The van der Waals surface area contributed by atoms with Gasteiger partial charge < -0.3 is 44.1 Å². The van der Waals surface area contributed by atoms with E-state index in [1.807, 2.05) is 6.07 Å². The summed E-state index contributed by atoms with van der Waals surface area (Å²) in [7, 11) is 4.59. The molecule has 0 bridgehead atoms. The van der Waals surface area contributed by atoms with Gasteiger partial charge in [-0.05, 0) is 79.0 Å². The summed E-state index contributed by atoms with van der Waals surface area (Å²) in [6, 6.07) is 7.60. The molecule has 0 aromatic heterocycles. The topological polar surface area (TPSA) is 153 Å². The van der Waals surface area contributed by atoms with E-state index in [9.17, 15) is 24.6 Å². The largest absolute Gasteiger partial charge is 0.497 e. The van der Waals surface area contributed by atoms with Crippen molar-refractivity contribution in [1.82, 2.24) is 10.2 Å². The van der Waals surface area contributed by atoms with Crippen molar-refractivity contribution in [1.29, 1.82) is 0 Å². The molecule has 0 unspecified atom stereocenters. The van der Waals surface area contributed by atoms with Gasteiger partial charge >= 0.3 is 0 Å². The van der Waals surface area contributed by atoms with Gasteiger partial charge in [-0.3, -0.25) is 14.4 Å². The van der Waals surface area contributed by atoms with Gasteiger partial charge in [-0.15, -0.1) is 0 Å². The molecule has 2 aromatic carbocycles. The first-order valence-corrected chi connectivity index (χ1v) is 17.8. The lowest BCUT2D eigenvalue weighted by molar-refractivity contribution is -0.147. The van der Waals surface area contributed by atoms with Crippen LogP contribution in [0, 0.1) is 17.8 Å². The van der Waals surface area contributed by atoms with Crippen molar-refractivity contribution >= 4 is 18.1 Å². The van der Waals surface area contributed by atoms with Gasteiger partial charge in [-0.25, -0.2) is 0 Å². The second-order valence-electron chi connectivity index (χ2n) is 14.1. The molecule has 3 N–H and O–H groups in total. The monoisotopic (exact) mass is 708 g/mol. The van der Waals surface area contributed by atoms with Gasteiger partial charge in [0.2, 0.25) is 11.8 Å². The lowest BCUT2D eigenvalue weighted by atomic mass is 9.75. The molecule has 1 aliphatic heterocycles. The van der Waals surface area contributed by atoms with Gasteiger partial charge in [0.05, 0.1) is 46.0 Å². The summed E-state index contributed by atoms with van der Waals surface area (Å²) < 4.78 is 29.4. The number of rotatable bonds is 15. The molecule has 1 saturated carbocycles. The molecule has 2 aliphatic carbocycles. The molecule has 278 valence electrons. The number of amides is 2. The van der Waals surface area contributed by atoms with Crippen molar-refractivity contribution < 1.29 is 48.3 Å². The molecule has 12 heteroatoms. The quantitative estimate of drug-likeness (QED) is 0.234. The Balaban J connectivity index is 1.54. The molecule has 1 heterocycles. The van der Waals surface area contributed by atoms with Gasteiger partial charge in [-0.1, -0.05) is 27.2 Å². The maximum Gasteiger partial charge on any atom is 0.249 e. The van der Waals surface area contributed by atoms with E-state index < -0.39 is 30.1 Å². The van der Waals surface area contributed by atoms with E-state index in [0.29, 0.717) is 58.8 Å². The van der Waals surface area contributed by atoms with E-state index >= 15 is 0 Å². The number of methoxy groups -OCH3 is 3. The molecule has 5 rings (SSSR count). The van der Waals surface area contributed by atoms with E-state index in [2.05, 4.69) is 26.1 Å². The summed E-state index contributed by atoms with van der Waals surface area (Å²) in [6.07, 6.45) is 3.28. The third-order valence-corrected chi connectivity index (χ3v) is 10.6. The number of fused-ring (bicyclic) bond motifs is 3. The molecule has 0 saturated heterocycles. The number of carbonyl (C=O) groups is 3. The zero-order valence-electron chi connectivity index (χ0n) is 30.4. The fourth-order valence-corrected chi connectivity index (χ4v) is 7.88. The molecule has 2 amide bonds. The minimum atomic E-state index is -1.28. The number of aliphatic hydroxyl groups excluding tert-OH is 2. The number of nitrogens with zero attached hydrogens (tertiary/aromatic N) is 1. The van der Waals surface area contributed by atoms with Crippen molar-refractivity contribution in [3.63, 3.8) is 0 Å². The predicted octanol–water partition coefficient (Wildman–Crippen LogP) is 3.70. The minimum Gasteiger partial charge on any atom is -0.497 e. The average Bonchev–Trinajstić information content (AvgIpc) is 3.53. The molecule has 7 atom stereocenters. The molecule has 2 aromatic rings. The smallest absolute Gasteiger partial charge is 0.249 e. The molecule has 0 radical (unpaired) electrons. The van der Waals surface area contributed by atoms with Crippen molar-refractivity contribution in [2.45, 2.75) is 76.7 Å². The summed E-state index contributed by atoms with van der Waals surface area (Å²) in [5, 5.41) is 24.3. The predicted molar refractivity (Wildman–Crippen MR) is 190 cm³/mol. The Morgan fingerprint density at radius 2 is 1.84 bits per heavy atom. The Hall–Kier alpha value is -4.13. The summed E-state index contributed by atoms with van der Waals surface area (Å²) in [5.41, 5.74) is 1.86. The Morgan fingerprint density at radius 1 is 1.08 bits per heavy atom. The summed E-state index contributed by atoms with van der Waals surface area (Å²) >= 11 is 0.